The van der Waals surface area contributed by atoms with Crippen molar-refractivity contribution in [2.75, 3.05) is 13.2 Å². The fraction of sp³-hybridized carbons (Fsp3) is 0.654. The monoisotopic (exact) mass is 486 g/mol. The lowest BCUT2D eigenvalue weighted by molar-refractivity contribution is -0.154. The number of thioether (sulfide) groups is 1. The van der Waals surface area contributed by atoms with Crippen LogP contribution in [0.2, 0.25) is 0 Å². The molecule has 1 saturated carbocycles. The van der Waals surface area contributed by atoms with Crippen LogP contribution in [-0.4, -0.2) is 63.1 Å². The highest BCUT2D eigenvalue weighted by Gasteiger charge is 2.74. The van der Waals surface area contributed by atoms with Gasteiger partial charge < -0.3 is 20.1 Å². The van der Waals surface area contributed by atoms with Gasteiger partial charge in [0.2, 0.25) is 11.8 Å². The van der Waals surface area contributed by atoms with Crippen LogP contribution in [0.25, 0.3) is 0 Å². The number of ether oxygens (including phenoxy) is 1. The van der Waals surface area contributed by atoms with Crippen molar-refractivity contribution in [3.05, 3.63) is 35.9 Å². The van der Waals surface area contributed by atoms with Crippen LogP contribution in [0.15, 0.2) is 30.3 Å². The first-order valence-corrected chi connectivity index (χ1v) is 13.5. The molecule has 34 heavy (non-hydrogen) atoms. The van der Waals surface area contributed by atoms with Crippen molar-refractivity contribution in [1.82, 2.24) is 10.2 Å². The molecule has 2 amide bonds. The Bertz CT molecular complexity index is 936. The number of nitrogens with one attached hydrogen (secondary N) is 1. The van der Waals surface area contributed by atoms with Gasteiger partial charge in [-0.05, 0) is 38.2 Å². The molecule has 4 fully saturated rings. The maximum atomic E-state index is 14.1. The van der Waals surface area contributed by atoms with E-state index in [0.717, 1.165) is 37.7 Å². The maximum absolute atomic E-state index is 14.1. The second kappa shape index (κ2) is 9.53. The molecular weight excluding hydrogens is 452 g/mol. The van der Waals surface area contributed by atoms with Gasteiger partial charge in [0.25, 0.3) is 0 Å². The normalized spacial score (nSPS) is 33.6. The number of hydrogen-bond donors (Lipinski definition) is 2. The number of benzene rings is 1. The fourth-order valence-corrected chi connectivity index (χ4v) is 8.98. The van der Waals surface area contributed by atoms with E-state index in [1.54, 1.807) is 23.6 Å². The fourth-order valence-electron chi connectivity index (χ4n) is 6.79. The zero-order chi connectivity index (χ0) is 23.9. The number of nitrogens with zero attached hydrogens (tertiary/aromatic N) is 1. The summed E-state index contributed by atoms with van der Waals surface area (Å²) in [5, 5.41) is 13.7. The van der Waals surface area contributed by atoms with E-state index in [4.69, 9.17) is 4.74 Å². The predicted octanol–water partition coefficient (Wildman–Crippen LogP) is 2.82. The minimum Gasteiger partial charge on any atom is -0.466 e. The number of hydrogen-bond acceptors (Lipinski definition) is 6. The number of aliphatic hydroxyl groups excluding tert-OH is 1. The minimum absolute atomic E-state index is 0.00978. The molecule has 8 heteroatoms. The van der Waals surface area contributed by atoms with Gasteiger partial charge in [0.1, 0.15) is 6.04 Å². The van der Waals surface area contributed by atoms with Crippen LogP contribution in [0.3, 0.4) is 0 Å². The standard InChI is InChI=1S/C26H34N2O5S/c1-2-33-25(32)20-19-13-14-26(34-19)21(20)24(31)28(18(15-29)16-9-5-3-6-10-16)22(26)23(30)27-17-11-7-4-8-12-17/h3,5-6,9-10,17-22,29H,2,4,7-8,11-15H2,1H3,(H,27,30)/t18-,19+,20-,21+,22?,26?/m1/s1. The average molecular weight is 487 g/mol. The van der Waals surface area contributed by atoms with Crippen LogP contribution in [0, 0.1) is 11.8 Å². The molecule has 7 nitrogen and oxygen atoms in total. The van der Waals surface area contributed by atoms with Crippen molar-refractivity contribution in [2.24, 2.45) is 11.8 Å². The van der Waals surface area contributed by atoms with E-state index in [1.807, 2.05) is 30.3 Å². The van der Waals surface area contributed by atoms with Gasteiger partial charge >= 0.3 is 5.97 Å². The molecule has 0 aromatic heterocycles. The summed E-state index contributed by atoms with van der Waals surface area (Å²) in [7, 11) is 0. The summed E-state index contributed by atoms with van der Waals surface area (Å²) in [6, 6.07) is 8.14. The largest absolute Gasteiger partial charge is 0.466 e. The molecule has 0 radical (unpaired) electrons. The van der Waals surface area contributed by atoms with E-state index in [0.29, 0.717) is 6.42 Å². The minimum atomic E-state index is -0.723. The molecule has 1 aromatic rings. The van der Waals surface area contributed by atoms with Gasteiger partial charge in [-0.25, -0.2) is 0 Å². The zero-order valence-electron chi connectivity index (χ0n) is 19.7. The van der Waals surface area contributed by atoms with E-state index in [9.17, 15) is 19.5 Å². The molecule has 1 spiro atoms. The van der Waals surface area contributed by atoms with Crippen LogP contribution < -0.4 is 5.32 Å². The third-order valence-electron chi connectivity index (χ3n) is 8.19. The first kappa shape index (κ1) is 23.7. The topological polar surface area (TPSA) is 95.9 Å². The molecule has 2 N–H and O–H groups in total. The summed E-state index contributed by atoms with van der Waals surface area (Å²) < 4.78 is 4.72. The summed E-state index contributed by atoms with van der Waals surface area (Å²) in [6.07, 6.45) is 6.77. The van der Waals surface area contributed by atoms with Crippen molar-refractivity contribution >= 4 is 29.5 Å². The molecule has 6 atom stereocenters. The van der Waals surface area contributed by atoms with Crippen molar-refractivity contribution < 1.29 is 24.2 Å². The first-order valence-electron chi connectivity index (χ1n) is 12.6. The molecule has 5 rings (SSSR count). The Labute approximate surface area is 205 Å². The number of aliphatic hydroxyl groups is 1. The van der Waals surface area contributed by atoms with Crippen LogP contribution in [0.1, 0.15) is 63.5 Å². The molecule has 2 bridgehead atoms. The zero-order valence-corrected chi connectivity index (χ0v) is 20.5. The Morgan fingerprint density at radius 2 is 1.94 bits per heavy atom. The van der Waals surface area contributed by atoms with Gasteiger partial charge in [-0.15, -0.1) is 11.8 Å². The summed E-state index contributed by atoms with van der Waals surface area (Å²) in [5.41, 5.74) is 0.789. The quantitative estimate of drug-likeness (QED) is 0.576. The Balaban J connectivity index is 1.54. The van der Waals surface area contributed by atoms with Gasteiger partial charge in [-0.2, -0.15) is 0 Å². The number of fused-ring (bicyclic) bond motifs is 1. The number of carbonyl (C=O) groups excluding carboxylic acids is 3. The Kier molecular flexibility index (Phi) is 6.64. The predicted molar refractivity (Wildman–Crippen MR) is 129 cm³/mol. The molecule has 1 aromatic carbocycles. The second-order valence-corrected chi connectivity index (χ2v) is 11.6. The summed E-state index contributed by atoms with van der Waals surface area (Å²) in [6.45, 7) is 1.75. The highest BCUT2D eigenvalue weighted by molar-refractivity contribution is 8.02. The van der Waals surface area contributed by atoms with E-state index >= 15 is 0 Å². The Morgan fingerprint density at radius 1 is 1.21 bits per heavy atom. The summed E-state index contributed by atoms with van der Waals surface area (Å²) in [5.74, 6) is -1.84. The molecule has 3 heterocycles. The number of carbonyl (C=O) groups is 3. The van der Waals surface area contributed by atoms with Crippen molar-refractivity contribution in [3.8, 4) is 0 Å². The van der Waals surface area contributed by atoms with Crippen LogP contribution >= 0.6 is 11.8 Å². The van der Waals surface area contributed by atoms with Gasteiger partial charge in [-0.1, -0.05) is 49.6 Å². The molecular formula is C26H34N2O5S. The van der Waals surface area contributed by atoms with E-state index in [1.165, 1.54) is 6.42 Å². The molecule has 184 valence electrons. The summed E-state index contributed by atoms with van der Waals surface area (Å²) >= 11 is 1.64. The number of esters is 1. The van der Waals surface area contributed by atoms with E-state index in [-0.39, 0.29) is 42.3 Å². The van der Waals surface area contributed by atoms with Crippen LogP contribution in [0.4, 0.5) is 0 Å². The lowest BCUT2D eigenvalue weighted by atomic mass is 9.71. The molecule has 3 saturated heterocycles. The van der Waals surface area contributed by atoms with Crippen molar-refractivity contribution in [3.63, 3.8) is 0 Å². The maximum Gasteiger partial charge on any atom is 0.310 e. The average Bonchev–Trinajstić information content (AvgIpc) is 3.49. The van der Waals surface area contributed by atoms with Gasteiger partial charge in [0.05, 0.1) is 35.8 Å². The SMILES string of the molecule is CCOC(=O)[C@@H]1[C@@H]2CCC3(S2)C(C(=O)NC2CCCCC2)N([C@H](CO)c2ccccc2)C(=O)[C@H]13. The van der Waals surface area contributed by atoms with Crippen molar-refractivity contribution in [1.29, 1.82) is 0 Å². The molecule has 1 aliphatic carbocycles. The summed E-state index contributed by atoms with van der Waals surface area (Å²) in [4.78, 5) is 42.6. The van der Waals surface area contributed by atoms with Gasteiger partial charge in [-0.3, -0.25) is 14.4 Å². The van der Waals surface area contributed by atoms with E-state index < -0.39 is 28.7 Å². The molecule has 2 unspecified atom stereocenters. The number of rotatable bonds is 7. The van der Waals surface area contributed by atoms with Crippen LogP contribution in [-0.2, 0) is 19.1 Å². The number of amides is 2. The van der Waals surface area contributed by atoms with Gasteiger partial charge in [0, 0.05) is 11.3 Å². The molecule has 3 aliphatic heterocycles. The lowest BCUT2D eigenvalue weighted by Gasteiger charge is -2.38. The van der Waals surface area contributed by atoms with Crippen LogP contribution in [0.5, 0.6) is 0 Å². The van der Waals surface area contributed by atoms with Gasteiger partial charge in [0.15, 0.2) is 0 Å². The smallest absolute Gasteiger partial charge is 0.310 e. The Hall–Kier alpha value is -2.06. The highest BCUT2D eigenvalue weighted by Crippen LogP contribution is 2.67. The van der Waals surface area contributed by atoms with Crippen molar-refractivity contribution in [2.45, 2.75) is 80.0 Å². The molecule has 4 aliphatic rings. The third kappa shape index (κ3) is 3.73. The van der Waals surface area contributed by atoms with E-state index in [2.05, 4.69) is 5.32 Å². The highest BCUT2D eigenvalue weighted by atomic mass is 32.2. The lowest BCUT2D eigenvalue weighted by Crippen LogP contribution is -2.56. The third-order valence-corrected chi connectivity index (χ3v) is 10.1. The second-order valence-electron chi connectivity index (χ2n) is 10.0. The Morgan fingerprint density at radius 3 is 2.62 bits per heavy atom. The number of likely N-dealkylation sites (tertiary alicyclic amines) is 1. The first-order chi connectivity index (χ1) is 16.5.